The van der Waals surface area contributed by atoms with E-state index in [1.54, 1.807) is 4.31 Å². The highest BCUT2D eigenvalue weighted by Crippen LogP contribution is 2.28. The standard InChI is InChI=1S/C20H33N5O2S/c1-17-7-5-6-12-25(17)20-11-10-19(21-22-20)23-13-15-24(16-14-23)28(26,27)18-8-3-2-4-9-18/h10-11,17-18H,2-9,12-16H2,1H3/t17-/m0/s1. The third-order valence-corrected chi connectivity index (χ3v) is 9.03. The molecule has 0 aromatic carbocycles. The van der Waals surface area contributed by atoms with Crippen LogP contribution in [0.2, 0.25) is 0 Å². The highest BCUT2D eigenvalue weighted by Gasteiger charge is 2.35. The molecule has 0 amide bonds. The lowest BCUT2D eigenvalue weighted by Gasteiger charge is -2.37. The van der Waals surface area contributed by atoms with Gasteiger partial charge in [-0.25, -0.2) is 8.42 Å². The van der Waals surface area contributed by atoms with Crippen molar-refractivity contribution in [1.29, 1.82) is 0 Å². The lowest BCUT2D eigenvalue weighted by Crippen LogP contribution is -2.51. The van der Waals surface area contributed by atoms with Crippen molar-refractivity contribution >= 4 is 21.7 Å². The first-order chi connectivity index (χ1) is 13.6. The number of nitrogens with zero attached hydrogens (tertiary/aromatic N) is 5. The number of sulfonamides is 1. The molecule has 1 aromatic heterocycles. The molecule has 3 heterocycles. The van der Waals surface area contributed by atoms with Crippen LogP contribution < -0.4 is 9.80 Å². The van der Waals surface area contributed by atoms with E-state index in [1.807, 2.05) is 6.07 Å². The molecule has 2 aliphatic heterocycles. The number of piperidine rings is 1. The summed E-state index contributed by atoms with van der Waals surface area (Å²) in [5, 5.41) is 8.76. The van der Waals surface area contributed by atoms with Crippen molar-refractivity contribution in [2.24, 2.45) is 0 Å². The van der Waals surface area contributed by atoms with Crippen LogP contribution in [0.5, 0.6) is 0 Å². The first-order valence-electron chi connectivity index (χ1n) is 10.9. The van der Waals surface area contributed by atoms with Gasteiger partial charge >= 0.3 is 0 Å². The van der Waals surface area contributed by atoms with Crippen LogP contribution in [0.15, 0.2) is 12.1 Å². The van der Waals surface area contributed by atoms with Gasteiger partial charge in [0.25, 0.3) is 0 Å². The zero-order chi connectivity index (χ0) is 19.6. The normalized spacial score (nSPS) is 25.8. The minimum Gasteiger partial charge on any atom is -0.352 e. The highest BCUT2D eigenvalue weighted by molar-refractivity contribution is 7.89. The third-order valence-electron chi connectivity index (χ3n) is 6.63. The van der Waals surface area contributed by atoms with Crippen molar-refractivity contribution in [3.63, 3.8) is 0 Å². The monoisotopic (exact) mass is 407 g/mol. The quantitative estimate of drug-likeness (QED) is 0.764. The van der Waals surface area contributed by atoms with Crippen molar-refractivity contribution in [2.75, 3.05) is 42.5 Å². The van der Waals surface area contributed by atoms with Crippen LogP contribution in [0, 0.1) is 0 Å². The molecule has 1 aliphatic carbocycles. The molecule has 4 rings (SSSR count). The third kappa shape index (κ3) is 4.13. The van der Waals surface area contributed by atoms with Crippen LogP contribution in [-0.2, 0) is 10.0 Å². The van der Waals surface area contributed by atoms with E-state index in [0.717, 1.165) is 43.9 Å². The predicted molar refractivity (Wildman–Crippen MR) is 112 cm³/mol. The summed E-state index contributed by atoms with van der Waals surface area (Å²) in [4.78, 5) is 4.50. The second-order valence-electron chi connectivity index (χ2n) is 8.48. The van der Waals surface area contributed by atoms with E-state index in [9.17, 15) is 8.42 Å². The number of rotatable bonds is 4. The summed E-state index contributed by atoms with van der Waals surface area (Å²) in [6, 6.07) is 4.62. The van der Waals surface area contributed by atoms with Crippen LogP contribution in [0.1, 0.15) is 58.3 Å². The van der Waals surface area contributed by atoms with Gasteiger partial charge in [-0.3, -0.25) is 0 Å². The molecule has 0 N–H and O–H groups in total. The van der Waals surface area contributed by atoms with E-state index in [0.29, 0.717) is 32.2 Å². The number of anilines is 2. The topological polar surface area (TPSA) is 69.6 Å². The van der Waals surface area contributed by atoms with Gasteiger partial charge in [0.15, 0.2) is 11.6 Å². The molecular formula is C20H33N5O2S. The lowest BCUT2D eigenvalue weighted by atomic mass is 10.0. The summed E-state index contributed by atoms with van der Waals surface area (Å²) in [7, 11) is -3.15. The Morgan fingerprint density at radius 2 is 1.46 bits per heavy atom. The number of aromatic nitrogens is 2. The SMILES string of the molecule is C[C@H]1CCCCN1c1ccc(N2CCN(S(=O)(=O)C3CCCCC3)CC2)nn1. The second-order valence-corrected chi connectivity index (χ2v) is 10.7. The van der Waals surface area contributed by atoms with E-state index >= 15 is 0 Å². The molecule has 0 spiro atoms. The summed E-state index contributed by atoms with van der Waals surface area (Å²) in [6.45, 7) is 5.75. The Hall–Kier alpha value is -1.41. The summed E-state index contributed by atoms with van der Waals surface area (Å²) in [5.74, 6) is 1.80. The van der Waals surface area contributed by atoms with Crippen LogP contribution in [-0.4, -0.2) is 66.9 Å². The molecule has 156 valence electrons. The molecule has 0 radical (unpaired) electrons. The van der Waals surface area contributed by atoms with Crippen LogP contribution in [0.3, 0.4) is 0 Å². The first-order valence-corrected chi connectivity index (χ1v) is 12.4. The average Bonchev–Trinajstić information content (AvgIpc) is 2.75. The Labute approximate surface area is 169 Å². The molecule has 28 heavy (non-hydrogen) atoms. The lowest BCUT2D eigenvalue weighted by molar-refractivity contribution is 0.366. The van der Waals surface area contributed by atoms with E-state index in [2.05, 4.69) is 33.0 Å². The molecule has 1 saturated carbocycles. The average molecular weight is 408 g/mol. The maximum absolute atomic E-state index is 12.9. The van der Waals surface area contributed by atoms with Gasteiger partial charge in [0.1, 0.15) is 0 Å². The van der Waals surface area contributed by atoms with Crippen molar-refractivity contribution in [1.82, 2.24) is 14.5 Å². The Kier molecular flexibility index (Phi) is 6.06. The summed E-state index contributed by atoms with van der Waals surface area (Å²) in [5.41, 5.74) is 0. The molecule has 8 heteroatoms. The van der Waals surface area contributed by atoms with Crippen LogP contribution >= 0.6 is 0 Å². The van der Waals surface area contributed by atoms with Gasteiger partial charge < -0.3 is 9.80 Å². The van der Waals surface area contributed by atoms with Gasteiger partial charge in [-0.05, 0) is 51.2 Å². The zero-order valence-electron chi connectivity index (χ0n) is 17.0. The van der Waals surface area contributed by atoms with Crippen molar-refractivity contribution in [3.8, 4) is 0 Å². The van der Waals surface area contributed by atoms with Gasteiger partial charge in [-0.1, -0.05) is 19.3 Å². The Morgan fingerprint density at radius 3 is 2.11 bits per heavy atom. The predicted octanol–water partition coefficient (Wildman–Crippen LogP) is 2.64. The Morgan fingerprint density at radius 1 is 0.821 bits per heavy atom. The summed E-state index contributed by atoms with van der Waals surface area (Å²) in [6.07, 6.45) is 8.62. The number of hydrogen-bond donors (Lipinski definition) is 0. The first kappa shape index (κ1) is 19.9. The van der Waals surface area contributed by atoms with Gasteiger partial charge in [0.2, 0.25) is 10.0 Å². The van der Waals surface area contributed by atoms with Crippen LogP contribution in [0.25, 0.3) is 0 Å². The van der Waals surface area contributed by atoms with Crippen molar-refractivity contribution < 1.29 is 8.42 Å². The highest BCUT2D eigenvalue weighted by atomic mass is 32.2. The summed E-state index contributed by atoms with van der Waals surface area (Å²) >= 11 is 0. The van der Waals surface area contributed by atoms with Gasteiger partial charge in [0.05, 0.1) is 5.25 Å². The Bertz CT molecular complexity index is 740. The van der Waals surface area contributed by atoms with E-state index in [-0.39, 0.29) is 5.25 Å². The zero-order valence-corrected chi connectivity index (χ0v) is 17.8. The van der Waals surface area contributed by atoms with Crippen molar-refractivity contribution in [2.45, 2.75) is 69.6 Å². The number of hydrogen-bond acceptors (Lipinski definition) is 6. The van der Waals surface area contributed by atoms with E-state index in [4.69, 9.17) is 0 Å². The molecule has 7 nitrogen and oxygen atoms in total. The fourth-order valence-corrected chi connectivity index (χ4v) is 6.85. The molecule has 3 fully saturated rings. The molecule has 1 atom stereocenters. The molecule has 2 saturated heterocycles. The number of piperazine rings is 1. The fraction of sp³-hybridized carbons (Fsp3) is 0.800. The Balaban J connectivity index is 1.36. The van der Waals surface area contributed by atoms with Gasteiger partial charge in [0, 0.05) is 38.8 Å². The fourth-order valence-electron chi connectivity index (χ4n) is 4.82. The maximum atomic E-state index is 12.9. The minimum atomic E-state index is -3.15. The van der Waals surface area contributed by atoms with E-state index in [1.165, 1.54) is 25.7 Å². The summed E-state index contributed by atoms with van der Waals surface area (Å²) < 4.78 is 27.5. The largest absolute Gasteiger partial charge is 0.352 e. The van der Waals surface area contributed by atoms with E-state index < -0.39 is 10.0 Å². The molecule has 0 unspecified atom stereocenters. The molecule has 0 bridgehead atoms. The van der Waals surface area contributed by atoms with Crippen molar-refractivity contribution in [3.05, 3.63) is 12.1 Å². The molecule has 1 aromatic rings. The van der Waals surface area contributed by atoms with Gasteiger partial charge in [-0.15, -0.1) is 10.2 Å². The molecular weight excluding hydrogens is 374 g/mol. The second kappa shape index (κ2) is 8.53. The smallest absolute Gasteiger partial charge is 0.217 e. The van der Waals surface area contributed by atoms with Crippen LogP contribution in [0.4, 0.5) is 11.6 Å². The maximum Gasteiger partial charge on any atom is 0.217 e. The minimum absolute atomic E-state index is 0.168. The van der Waals surface area contributed by atoms with Gasteiger partial charge in [-0.2, -0.15) is 4.31 Å². The molecule has 3 aliphatic rings.